The van der Waals surface area contributed by atoms with Gasteiger partial charge in [0.1, 0.15) is 11.5 Å². The Morgan fingerprint density at radius 3 is 2.67 bits per heavy atom. The van der Waals surface area contributed by atoms with E-state index in [1.165, 1.54) is 11.1 Å². The zero-order valence-corrected chi connectivity index (χ0v) is 17.2. The van der Waals surface area contributed by atoms with Crippen LogP contribution in [0.1, 0.15) is 17.5 Å². The molecule has 1 N–H and O–H groups in total. The summed E-state index contributed by atoms with van der Waals surface area (Å²) in [5, 5.41) is 0.901. The predicted molar refractivity (Wildman–Crippen MR) is 112 cm³/mol. The molecule has 0 saturated carbocycles. The number of hydrogen-bond donors (Lipinski definition) is 1. The van der Waals surface area contributed by atoms with E-state index in [9.17, 15) is 0 Å². The largest absolute Gasteiger partial charge is 0.497 e. The van der Waals surface area contributed by atoms with Crippen molar-refractivity contribution in [2.45, 2.75) is 23.8 Å². The van der Waals surface area contributed by atoms with Crippen LogP contribution in [0.5, 0.6) is 11.5 Å². The fourth-order valence-electron chi connectivity index (χ4n) is 3.01. The minimum atomic E-state index is 0.807. The van der Waals surface area contributed by atoms with Crippen LogP contribution in [-0.2, 0) is 12.2 Å². The number of imidazole rings is 1. The molecule has 144 valence electrons. The smallest absolute Gasteiger partial charge is 0.166 e. The van der Waals surface area contributed by atoms with Crippen molar-refractivity contribution >= 4 is 22.8 Å². The Labute approximate surface area is 165 Å². The molecule has 6 heteroatoms. The number of rotatable bonds is 9. The minimum absolute atomic E-state index is 0.807. The summed E-state index contributed by atoms with van der Waals surface area (Å²) in [5.41, 5.74) is 4.48. The van der Waals surface area contributed by atoms with Crippen LogP contribution in [0.4, 0.5) is 0 Å². The molecule has 3 aromatic rings. The average Bonchev–Trinajstić information content (AvgIpc) is 3.08. The Bertz CT molecular complexity index is 892. The highest BCUT2D eigenvalue weighted by Gasteiger charge is 2.09. The second kappa shape index (κ2) is 9.15. The summed E-state index contributed by atoms with van der Waals surface area (Å²) in [5.74, 6) is 2.56. The fourth-order valence-corrected chi connectivity index (χ4v) is 3.87. The number of H-pyrrole nitrogens is 1. The molecule has 0 bridgehead atoms. The van der Waals surface area contributed by atoms with E-state index in [-0.39, 0.29) is 0 Å². The van der Waals surface area contributed by atoms with Crippen molar-refractivity contribution in [2.75, 3.05) is 34.9 Å². The van der Waals surface area contributed by atoms with Gasteiger partial charge in [0.25, 0.3) is 0 Å². The van der Waals surface area contributed by atoms with Crippen molar-refractivity contribution in [1.82, 2.24) is 14.9 Å². The van der Waals surface area contributed by atoms with Crippen molar-refractivity contribution < 1.29 is 9.47 Å². The van der Waals surface area contributed by atoms with E-state index >= 15 is 0 Å². The molecular formula is C21H27N3O2S. The standard InChI is InChI=1S/C21H27N3O2S/c1-24(2)11-5-6-15-7-10-20(26-4)16(12-15)14-27-21-22-18-9-8-17(25-3)13-19(18)23-21/h7-10,12-13H,5-6,11,14H2,1-4H3,(H,22,23). The number of thioether (sulfide) groups is 1. The van der Waals surface area contributed by atoms with Crippen molar-refractivity contribution in [3.05, 3.63) is 47.5 Å². The zero-order valence-electron chi connectivity index (χ0n) is 16.4. The van der Waals surface area contributed by atoms with Crippen LogP contribution >= 0.6 is 11.8 Å². The van der Waals surface area contributed by atoms with Crippen molar-refractivity contribution in [3.8, 4) is 11.5 Å². The molecule has 1 aromatic heterocycles. The number of ether oxygens (including phenoxy) is 2. The Morgan fingerprint density at radius 1 is 1.07 bits per heavy atom. The topological polar surface area (TPSA) is 50.4 Å². The van der Waals surface area contributed by atoms with Gasteiger partial charge in [-0.25, -0.2) is 4.98 Å². The molecule has 0 fully saturated rings. The predicted octanol–water partition coefficient (Wildman–Crippen LogP) is 4.37. The van der Waals surface area contributed by atoms with Gasteiger partial charge in [0, 0.05) is 17.4 Å². The summed E-state index contributed by atoms with van der Waals surface area (Å²) in [7, 11) is 7.62. The maximum Gasteiger partial charge on any atom is 0.166 e. The van der Waals surface area contributed by atoms with Gasteiger partial charge in [-0.05, 0) is 57.2 Å². The van der Waals surface area contributed by atoms with E-state index in [0.29, 0.717) is 0 Å². The first-order chi connectivity index (χ1) is 13.1. The molecule has 0 spiro atoms. The number of methoxy groups -OCH3 is 2. The van der Waals surface area contributed by atoms with Gasteiger partial charge in [0.05, 0.1) is 25.3 Å². The third-order valence-electron chi connectivity index (χ3n) is 4.45. The molecule has 0 atom stereocenters. The van der Waals surface area contributed by atoms with Crippen molar-refractivity contribution in [1.29, 1.82) is 0 Å². The molecule has 0 saturated heterocycles. The lowest BCUT2D eigenvalue weighted by molar-refractivity contribution is 0.399. The van der Waals surface area contributed by atoms with Crippen LogP contribution in [0.15, 0.2) is 41.6 Å². The molecule has 0 amide bonds. The number of aromatic amines is 1. The average molecular weight is 386 g/mol. The first-order valence-electron chi connectivity index (χ1n) is 9.06. The molecule has 0 unspecified atom stereocenters. The number of aryl methyl sites for hydroxylation is 1. The zero-order chi connectivity index (χ0) is 19.2. The van der Waals surface area contributed by atoms with Crippen LogP contribution in [0.2, 0.25) is 0 Å². The minimum Gasteiger partial charge on any atom is -0.497 e. The van der Waals surface area contributed by atoms with E-state index in [4.69, 9.17) is 9.47 Å². The highest BCUT2D eigenvalue weighted by Crippen LogP contribution is 2.29. The van der Waals surface area contributed by atoms with Crippen LogP contribution in [0.25, 0.3) is 11.0 Å². The Hall–Kier alpha value is -2.18. The SMILES string of the molecule is COc1ccc2nc(SCc3cc(CCCN(C)C)ccc3OC)[nH]c2c1. The van der Waals surface area contributed by atoms with Gasteiger partial charge in [0.15, 0.2) is 5.16 Å². The summed E-state index contributed by atoms with van der Waals surface area (Å²) in [6.45, 7) is 1.10. The maximum atomic E-state index is 5.55. The van der Waals surface area contributed by atoms with Crippen molar-refractivity contribution in [3.63, 3.8) is 0 Å². The lowest BCUT2D eigenvalue weighted by atomic mass is 10.1. The van der Waals surface area contributed by atoms with E-state index in [1.54, 1.807) is 26.0 Å². The van der Waals surface area contributed by atoms with E-state index < -0.39 is 0 Å². The summed E-state index contributed by atoms with van der Waals surface area (Å²) < 4.78 is 10.8. The number of benzene rings is 2. The van der Waals surface area contributed by atoms with Gasteiger partial charge in [-0.2, -0.15) is 0 Å². The number of nitrogens with zero attached hydrogens (tertiary/aromatic N) is 2. The molecule has 0 aliphatic carbocycles. The second-order valence-corrected chi connectivity index (χ2v) is 7.73. The molecule has 5 nitrogen and oxygen atoms in total. The van der Waals surface area contributed by atoms with Crippen LogP contribution in [0, 0.1) is 0 Å². The lowest BCUT2D eigenvalue weighted by Gasteiger charge is -2.12. The third-order valence-corrected chi connectivity index (χ3v) is 5.37. The maximum absolute atomic E-state index is 5.55. The molecule has 0 aliphatic rings. The van der Waals surface area contributed by atoms with Crippen LogP contribution in [-0.4, -0.2) is 49.7 Å². The first-order valence-corrected chi connectivity index (χ1v) is 10.0. The van der Waals surface area contributed by atoms with E-state index in [0.717, 1.165) is 52.8 Å². The normalized spacial score (nSPS) is 11.3. The van der Waals surface area contributed by atoms with Crippen LogP contribution < -0.4 is 9.47 Å². The molecule has 1 heterocycles. The number of aromatic nitrogens is 2. The Balaban J connectivity index is 1.70. The quantitative estimate of drug-likeness (QED) is 0.555. The highest BCUT2D eigenvalue weighted by molar-refractivity contribution is 7.98. The summed E-state index contributed by atoms with van der Waals surface area (Å²) in [6, 6.07) is 12.4. The Morgan fingerprint density at radius 2 is 1.93 bits per heavy atom. The molecule has 3 rings (SSSR count). The van der Waals surface area contributed by atoms with Crippen LogP contribution in [0.3, 0.4) is 0 Å². The number of hydrogen-bond acceptors (Lipinski definition) is 5. The summed E-state index contributed by atoms with van der Waals surface area (Å²) in [4.78, 5) is 10.2. The van der Waals surface area contributed by atoms with Gasteiger partial charge in [-0.15, -0.1) is 0 Å². The third kappa shape index (κ3) is 5.17. The lowest BCUT2D eigenvalue weighted by Crippen LogP contribution is -2.13. The highest BCUT2D eigenvalue weighted by atomic mass is 32.2. The summed E-state index contributed by atoms with van der Waals surface area (Å²) in [6.07, 6.45) is 2.22. The van der Waals surface area contributed by atoms with Gasteiger partial charge in [0.2, 0.25) is 0 Å². The Kier molecular flexibility index (Phi) is 6.63. The summed E-state index contributed by atoms with van der Waals surface area (Å²) >= 11 is 1.68. The van der Waals surface area contributed by atoms with Gasteiger partial charge < -0.3 is 19.4 Å². The number of nitrogens with one attached hydrogen (secondary N) is 1. The molecule has 0 radical (unpaired) electrons. The van der Waals surface area contributed by atoms with Gasteiger partial charge in [-0.1, -0.05) is 23.9 Å². The molecule has 0 aliphatic heterocycles. The fraction of sp³-hybridized carbons (Fsp3) is 0.381. The molecule has 27 heavy (non-hydrogen) atoms. The van der Waals surface area contributed by atoms with E-state index in [1.807, 2.05) is 18.2 Å². The van der Waals surface area contributed by atoms with Crippen molar-refractivity contribution in [2.24, 2.45) is 0 Å². The van der Waals surface area contributed by atoms with Gasteiger partial charge in [-0.3, -0.25) is 0 Å². The first kappa shape index (κ1) is 19.6. The second-order valence-electron chi connectivity index (χ2n) is 6.77. The van der Waals surface area contributed by atoms with E-state index in [2.05, 4.69) is 47.2 Å². The number of fused-ring (bicyclic) bond motifs is 1. The monoisotopic (exact) mass is 385 g/mol. The molecular weight excluding hydrogens is 358 g/mol. The van der Waals surface area contributed by atoms with Gasteiger partial charge >= 0.3 is 0 Å². The molecule has 2 aromatic carbocycles.